The molecule has 28 heavy (non-hydrogen) atoms. The van der Waals surface area contributed by atoms with E-state index in [2.05, 4.69) is 42.7 Å². The lowest BCUT2D eigenvalue weighted by Crippen LogP contribution is -2.44. The number of rotatable bonds is 9. The third kappa shape index (κ3) is 7.14. The number of carbonyl (C=O) groups excluding carboxylic acids is 2. The minimum absolute atomic E-state index is 0.257. The number of halogens is 2. The van der Waals surface area contributed by atoms with Crippen molar-refractivity contribution in [2.75, 3.05) is 26.4 Å². The van der Waals surface area contributed by atoms with Crippen LogP contribution in [0.15, 0.2) is 51.4 Å². The van der Waals surface area contributed by atoms with Gasteiger partial charge in [-0.3, -0.25) is 20.4 Å². The van der Waals surface area contributed by atoms with Crippen molar-refractivity contribution in [3.05, 3.63) is 57.0 Å². The molecule has 0 aromatic heterocycles. The van der Waals surface area contributed by atoms with Gasteiger partial charge in [-0.1, -0.05) is 28.1 Å². The molecule has 0 bridgehead atoms. The quantitative estimate of drug-likeness (QED) is 0.394. The smallest absolute Gasteiger partial charge is 0.276 e. The number of amides is 2. The van der Waals surface area contributed by atoms with E-state index in [0.29, 0.717) is 41.4 Å². The molecular formula is C19H20Br2N2O5. The van der Waals surface area contributed by atoms with Gasteiger partial charge in [0.05, 0.1) is 16.6 Å². The molecule has 2 aromatic rings. The average Bonchev–Trinajstić information content (AvgIpc) is 2.69. The van der Waals surface area contributed by atoms with Gasteiger partial charge in [0.1, 0.15) is 18.1 Å². The molecule has 0 spiro atoms. The van der Waals surface area contributed by atoms with Crippen molar-refractivity contribution in [2.45, 2.75) is 6.92 Å². The number of ether oxygens (including phenoxy) is 3. The summed E-state index contributed by atoms with van der Waals surface area (Å²) in [5.74, 6) is -0.0789. The molecule has 0 saturated heterocycles. The normalized spacial score (nSPS) is 10.2. The highest BCUT2D eigenvalue weighted by molar-refractivity contribution is 9.11. The van der Waals surface area contributed by atoms with Crippen LogP contribution in [-0.4, -0.2) is 38.2 Å². The molecule has 2 N–H and O–H groups in total. The maximum atomic E-state index is 12.3. The molecule has 0 fully saturated rings. The predicted molar refractivity (Wildman–Crippen MR) is 111 cm³/mol. The van der Waals surface area contributed by atoms with Gasteiger partial charge in [-0.2, -0.15) is 0 Å². The lowest BCUT2D eigenvalue weighted by Gasteiger charge is -2.13. The Hall–Kier alpha value is -2.10. The largest absolute Gasteiger partial charge is 0.490 e. The Balaban J connectivity index is 1.83. The summed E-state index contributed by atoms with van der Waals surface area (Å²) in [5, 5.41) is 0. The number of benzene rings is 2. The van der Waals surface area contributed by atoms with Gasteiger partial charge in [-0.15, -0.1) is 0 Å². The van der Waals surface area contributed by atoms with Gasteiger partial charge >= 0.3 is 0 Å². The van der Waals surface area contributed by atoms with E-state index in [0.717, 1.165) is 4.47 Å². The van der Waals surface area contributed by atoms with Crippen LogP contribution in [-0.2, 0) is 9.53 Å². The molecule has 0 aliphatic heterocycles. The first-order chi connectivity index (χ1) is 13.5. The van der Waals surface area contributed by atoms with Crippen molar-refractivity contribution in [3.63, 3.8) is 0 Å². The fourth-order valence-corrected chi connectivity index (χ4v) is 3.26. The fraction of sp³-hybridized carbons (Fsp3) is 0.263. The molecule has 0 aliphatic rings. The number of para-hydroxylation sites is 1. The Labute approximate surface area is 180 Å². The van der Waals surface area contributed by atoms with Crippen LogP contribution in [0.25, 0.3) is 0 Å². The highest BCUT2D eigenvalue weighted by atomic mass is 79.9. The minimum Gasteiger partial charge on any atom is -0.490 e. The number of hydrogen-bond donors (Lipinski definition) is 2. The van der Waals surface area contributed by atoms with Crippen molar-refractivity contribution in [3.8, 4) is 11.5 Å². The first-order valence-corrected chi connectivity index (χ1v) is 10.1. The maximum Gasteiger partial charge on any atom is 0.276 e. The zero-order chi connectivity index (χ0) is 20.4. The Morgan fingerprint density at radius 2 is 1.75 bits per heavy atom. The molecule has 2 rings (SSSR count). The van der Waals surface area contributed by atoms with E-state index in [1.807, 2.05) is 6.92 Å². The second kappa shape index (κ2) is 11.7. The van der Waals surface area contributed by atoms with Gasteiger partial charge in [0.2, 0.25) is 0 Å². The van der Waals surface area contributed by atoms with Crippen LogP contribution >= 0.6 is 31.9 Å². The maximum absolute atomic E-state index is 12.3. The van der Waals surface area contributed by atoms with E-state index in [1.54, 1.807) is 42.5 Å². The summed E-state index contributed by atoms with van der Waals surface area (Å²) in [6.07, 6.45) is 0. The Morgan fingerprint density at radius 3 is 2.50 bits per heavy atom. The van der Waals surface area contributed by atoms with Crippen LogP contribution in [0.5, 0.6) is 11.5 Å². The van der Waals surface area contributed by atoms with Gasteiger partial charge < -0.3 is 14.2 Å². The van der Waals surface area contributed by atoms with Crippen LogP contribution in [0.1, 0.15) is 17.3 Å². The summed E-state index contributed by atoms with van der Waals surface area (Å²) in [6, 6.07) is 12.1. The molecule has 2 aromatic carbocycles. The standard InChI is InChI=1S/C19H20Br2N2O5/c1-2-26-9-10-27-16-6-4-3-5-14(16)19(25)23-22-18(24)12-28-17-8-7-13(20)11-15(17)21/h3-8,11H,2,9-10,12H2,1H3,(H,22,24)(H,23,25). The van der Waals surface area contributed by atoms with Crippen molar-refractivity contribution < 1.29 is 23.8 Å². The second-order valence-electron chi connectivity index (χ2n) is 5.41. The lowest BCUT2D eigenvalue weighted by atomic mass is 10.2. The van der Waals surface area contributed by atoms with E-state index in [9.17, 15) is 9.59 Å². The number of nitrogens with one attached hydrogen (secondary N) is 2. The topological polar surface area (TPSA) is 85.9 Å². The summed E-state index contributed by atoms with van der Waals surface area (Å²) in [7, 11) is 0. The molecule has 0 atom stereocenters. The van der Waals surface area contributed by atoms with Crippen molar-refractivity contribution in [1.82, 2.24) is 10.9 Å². The second-order valence-corrected chi connectivity index (χ2v) is 7.18. The highest BCUT2D eigenvalue weighted by Crippen LogP contribution is 2.28. The molecule has 150 valence electrons. The average molecular weight is 516 g/mol. The van der Waals surface area contributed by atoms with Crippen LogP contribution in [0.3, 0.4) is 0 Å². The summed E-state index contributed by atoms with van der Waals surface area (Å²) in [6.45, 7) is 2.97. The first-order valence-electron chi connectivity index (χ1n) is 8.48. The zero-order valence-electron chi connectivity index (χ0n) is 15.2. The van der Waals surface area contributed by atoms with Crippen LogP contribution in [0, 0.1) is 0 Å². The number of hydrogen-bond acceptors (Lipinski definition) is 5. The van der Waals surface area contributed by atoms with E-state index in [1.165, 1.54) is 0 Å². The summed E-state index contributed by atoms with van der Waals surface area (Å²) in [5.41, 5.74) is 4.97. The molecule has 0 unspecified atom stereocenters. The van der Waals surface area contributed by atoms with Crippen LogP contribution in [0.2, 0.25) is 0 Å². The molecule has 0 radical (unpaired) electrons. The molecule has 0 saturated carbocycles. The van der Waals surface area contributed by atoms with E-state index >= 15 is 0 Å². The Morgan fingerprint density at radius 1 is 0.964 bits per heavy atom. The first kappa shape index (κ1) is 22.2. The zero-order valence-corrected chi connectivity index (χ0v) is 18.3. The highest BCUT2D eigenvalue weighted by Gasteiger charge is 2.13. The lowest BCUT2D eigenvalue weighted by molar-refractivity contribution is -0.123. The van der Waals surface area contributed by atoms with E-state index < -0.39 is 11.8 Å². The van der Waals surface area contributed by atoms with Gasteiger partial charge in [0.15, 0.2) is 6.61 Å². The van der Waals surface area contributed by atoms with Crippen LogP contribution < -0.4 is 20.3 Å². The molecule has 9 heteroatoms. The summed E-state index contributed by atoms with van der Waals surface area (Å²) in [4.78, 5) is 24.3. The van der Waals surface area contributed by atoms with Gasteiger partial charge in [0.25, 0.3) is 11.8 Å². The summed E-state index contributed by atoms with van der Waals surface area (Å²) >= 11 is 6.69. The Kier molecular flexibility index (Phi) is 9.26. The Bertz CT molecular complexity index is 817. The third-order valence-corrected chi connectivity index (χ3v) is 4.50. The number of carbonyl (C=O) groups is 2. The predicted octanol–water partition coefficient (Wildman–Crippen LogP) is 3.47. The molecule has 2 amide bonds. The van der Waals surface area contributed by atoms with E-state index in [-0.39, 0.29) is 6.61 Å². The molecule has 7 nitrogen and oxygen atoms in total. The van der Waals surface area contributed by atoms with Crippen molar-refractivity contribution >= 4 is 43.7 Å². The SMILES string of the molecule is CCOCCOc1ccccc1C(=O)NNC(=O)COc1ccc(Br)cc1Br. The van der Waals surface area contributed by atoms with Gasteiger partial charge in [-0.25, -0.2) is 0 Å². The molecule has 0 heterocycles. The van der Waals surface area contributed by atoms with Gasteiger partial charge in [0, 0.05) is 11.1 Å². The fourth-order valence-electron chi connectivity index (χ4n) is 2.10. The van der Waals surface area contributed by atoms with E-state index in [4.69, 9.17) is 14.2 Å². The minimum atomic E-state index is -0.502. The van der Waals surface area contributed by atoms with Gasteiger partial charge in [-0.05, 0) is 53.2 Å². The van der Waals surface area contributed by atoms with Crippen molar-refractivity contribution in [2.24, 2.45) is 0 Å². The number of hydrazine groups is 1. The monoisotopic (exact) mass is 514 g/mol. The third-order valence-electron chi connectivity index (χ3n) is 3.39. The van der Waals surface area contributed by atoms with Crippen molar-refractivity contribution in [1.29, 1.82) is 0 Å². The molecular weight excluding hydrogens is 496 g/mol. The molecule has 0 aliphatic carbocycles. The van der Waals surface area contributed by atoms with Crippen LogP contribution in [0.4, 0.5) is 0 Å². The summed E-state index contributed by atoms with van der Waals surface area (Å²) < 4.78 is 17.8.